The van der Waals surface area contributed by atoms with Gasteiger partial charge in [0.05, 0.1) is 5.92 Å². The van der Waals surface area contributed by atoms with Gasteiger partial charge in [-0.3, -0.25) is 9.80 Å². The molecule has 0 aliphatic rings. The Labute approximate surface area is 98.7 Å². The molecule has 15 heavy (non-hydrogen) atoms. The molecule has 0 saturated carbocycles. The van der Waals surface area contributed by atoms with Gasteiger partial charge < -0.3 is 0 Å². The van der Waals surface area contributed by atoms with Crippen LogP contribution in [0.3, 0.4) is 0 Å². The van der Waals surface area contributed by atoms with Crippen molar-refractivity contribution >= 4 is 29.1 Å². The van der Waals surface area contributed by atoms with Crippen LogP contribution >= 0.6 is 23.2 Å². The molecule has 0 radical (unpaired) electrons. The molecule has 3 nitrogen and oxygen atoms in total. The van der Waals surface area contributed by atoms with Crippen molar-refractivity contribution in [2.75, 3.05) is 7.05 Å². The third-order valence-corrected chi connectivity index (χ3v) is 2.71. The third-order valence-electron chi connectivity index (χ3n) is 2.15. The van der Waals surface area contributed by atoms with E-state index < -0.39 is 0 Å². The van der Waals surface area contributed by atoms with Crippen molar-refractivity contribution in [1.82, 2.24) is 5.01 Å². The maximum Gasteiger partial charge on any atom is 0.243 e. The van der Waals surface area contributed by atoms with Crippen LogP contribution in [0.2, 0.25) is 10.0 Å². The Morgan fingerprint density at radius 3 is 2.53 bits per heavy atom. The van der Waals surface area contributed by atoms with Gasteiger partial charge in [-0.25, -0.2) is 5.84 Å². The Balaban J connectivity index is 3.01. The molecule has 1 unspecified atom stereocenters. The lowest BCUT2D eigenvalue weighted by Gasteiger charge is -2.17. The molecule has 0 bridgehead atoms. The molecule has 1 atom stereocenters. The molecule has 82 valence electrons. The summed E-state index contributed by atoms with van der Waals surface area (Å²) in [5.41, 5.74) is 0.725. The Morgan fingerprint density at radius 2 is 2.07 bits per heavy atom. The van der Waals surface area contributed by atoms with Crippen LogP contribution in [-0.2, 0) is 4.79 Å². The quantitative estimate of drug-likeness (QED) is 0.495. The molecule has 1 aromatic rings. The molecular weight excluding hydrogens is 235 g/mol. The molecule has 0 fully saturated rings. The summed E-state index contributed by atoms with van der Waals surface area (Å²) < 4.78 is 0. The van der Waals surface area contributed by atoms with E-state index in [2.05, 4.69) is 0 Å². The number of halogens is 2. The van der Waals surface area contributed by atoms with E-state index in [1.165, 1.54) is 7.05 Å². The molecule has 2 N–H and O–H groups in total. The minimum atomic E-state index is -0.371. The highest BCUT2D eigenvalue weighted by molar-refractivity contribution is 6.35. The monoisotopic (exact) mass is 246 g/mol. The summed E-state index contributed by atoms with van der Waals surface area (Å²) in [6, 6.07) is 5.04. The lowest BCUT2D eigenvalue weighted by atomic mass is 10.0. The van der Waals surface area contributed by atoms with E-state index in [1.54, 1.807) is 25.1 Å². The molecule has 1 rings (SSSR count). The van der Waals surface area contributed by atoms with Crippen LogP contribution < -0.4 is 5.84 Å². The second-order valence-electron chi connectivity index (χ2n) is 3.34. The van der Waals surface area contributed by atoms with Gasteiger partial charge in [0.1, 0.15) is 0 Å². The van der Waals surface area contributed by atoms with E-state index in [4.69, 9.17) is 29.0 Å². The van der Waals surface area contributed by atoms with Crippen molar-refractivity contribution in [3.63, 3.8) is 0 Å². The number of nitrogens with zero attached hydrogens (tertiary/aromatic N) is 1. The number of likely N-dealkylation sites (N-methyl/N-ethyl adjacent to an activating group) is 1. The van der Waals surface area contributed by atoms with E-state index in [1.807, 2.05) is 0 Å². The lowest BCUT2D eigenvalue weighted by Crippen LogP contribution is -2.36. The first-order valence-corrected chi connectivity index (χ1v) is 5.16. The number of carbonyl (C=O) groups excluding carboxylic acids is 1. The zero-order chi connectivity index (χ0) is 11.6. The van der Waals surface area contributed by atoms with Gasteiger partial charge in [0.25, 0.3) is 0 Å². The molecule has 0 aliphatic carbocycles. The maximum absolute atomic E-state index is 11.6. The second kappa shape index (κ2) is 4.84. The van der Waals surface area contributed by atoms with E-state index in [0.29, 0.717) is 10.0 Å². The van der Waals surface area contributed by atoms with E-state index in [0.717, 1.165) is 10.6 Å². The summed E-state index contributed by atoms with van der Waals surface area (Å²) >= 11 is 11.7. The number of amides is 1. The summed E-state index contributed by atoms with van der Waals surface area (Å²) in [5.74, 6) is 4.80. The smallest absolute Gasteiger partial charge is 0.243 e. The van der Waals surface area contributed by atoms with Gasteiger partial charge in [0.15, 0.2) is 0 Å². The number of nitrogens with two attached hydrogens (primary N) is 1. The highest BCUT2D eigenvalue weighted by Gasteiger charge is 2.19. The van der Waals surface area contributed by atoms with Crippen molar-refractivity contribution in [2.24, 2.45) is 5.84 Å². The fourth-order valence-corrected chi connectivity index (χ4v) is 1.86. The molecule has 5 heteroatoms. The van der Waals surface area contributed by atoms with Gasteiger partial charge in [-0.1, -0.05) is 29.3 Å². The predicted molar refractivity (Wildman–Crippen MR) is 61.8 cm³/mol. The highest BCUT2D eigenvalue weighted by atomic mass is 35.5. The first-order chi connectivity index (χ1) is 6.93. The van der Waals surface area contributed by atoms with Gasteiger partial charge in [-0.05, 0) is 24.6 Å². The highest BCUT2D eigenvalue weighted by Crippen LogP contribution is 2.27. The van der Waals surface area contributed by atoms with Crippen LogP contribution in [0.5, 0.6) is 0 Å². The average Bonchev–Trinajstić information content (AvgIpc) is 2.15. The summed E-state index contributed by atoms with van der Waals surface area (Å²) in [6.45, 7) is 1.75. The minimum absolute atomic E-state index is 0.195. The zero-order valence-corrected chi connectivity index (χ0v) is 10.0. The van der Waals surface area contributed by atoms with Crippen LogP contribution in [-0.4, -0.2) is 18.0 Å². The first-order valence-electron chi connectivity index (χ1n) is 4.40. The van der Waals surface area contributed by atoms with Gasteiger partial charge in [-0.15, -0.1) is 0 Å². The normalized spacial score (nSPS) is 12.3. The summed E-state index contributed by atoms with van der Waals surface area (Å²) in [4.78, 5) is 11.6. The Bertz CT molecular complexity index is 380. The van der Waals surface area contributed by atoms with E-state index in [9.17, 15) is 4.79 Å². The molecule has 0 heterocycles. The van der Waals surface area contributed by atoms with Gasteiger partial charge in [0.2, 0.25) is 5.91 Å². The number of hydrazine groups is 1. The summed E-state index contributed by atoms with van der Waals surface area (Å²) in [6.07, 6.45) is 0. The third kappa shape index (κ3) is 2.84. The fourth-order valence-electron chi connectivity index (χ4n) is 1.29. The van der Waals surface area contributed by atoms with Crippen molar-refractivity contribution < 1.29 is 4.79 Å². The van der Waals surface area contributed by atoms with Crippen molar-refractivity contribution in [3.8, 4) is 0 Å². The van der Waals surface area contributed by atoms with Crippen LogP contribution in [0.4, 0.5) is 0 Å². The number of hydrogen-bond donors (Lipinski definition) is 1. The summed E-state index contributed by atoms with van der Waals surface area (Å²) in [7, 11) is 1.50. The van der Waals surface area contributed by atoms with Crippen molar-refractivity contribution in [2.45, 2.75) is 12.8 Å². The molecular formula is C10H12Cl2N2O. The van der Waals surface area contributed by atoms with Crippen molar-refractivity contribution in [3.05, 3.63) is 33.8 Å². The topological polar surface area (TPSA) is 46.3 Å². The average molecular weight is 247 g/mol. The lowest BCUT2D eigenvalue weighted by molar-refractivity contribution is -0.131. The number of hydrogen-bond acceptors (Lipinski definition) is 2. The molecule has 0 aromatic heterocycles. The SMILES string of the molecule is CC(C(=O)N(C)N)c1ccc(Cl)cc1Cl. The van der Waals surface area contributed by atoms with Gasteiger partial charge in [0, 0.05) is 17.1 Å². The molecule has 1 aromatic carbocycles. The molecule has 0 aliphatic heterocycles. The maximum atomic E-state index is 11.6. The Hall–Kier alpha value is -0.770. The second-order valence-corrected chi connectivity index (χ2v) is 4.18. The van der Waals surface area contributed by atoms with Gasteiger partial charge >= 0.3 is 0 Å². The first kappa shape index (κ1) is 12.3. The molecule has 0 spiro atoms. The van der Waals surface area contributed by atoms with Crippen LogP contribution in [0.1, 0.15) is 18.4 Å². The fraction of sp³-hybridized carbons (Fsp3) is 0.300. The van der Waals surface area contributed by atoms with E-state index in [-0.39, 0.29) is 11.8 Å². The number of benzene rings is 1. The summed E-state index contributed by atoms with van der Waals surface area (Å²) in [5, 5.41) is 2.07. The zero-order valence-electron chi connectivity index (χ0n) is 8.50. The standard InChI is InChI=1S/C10H12Cl2N2O/c1-6(10(15)14(2)13)8-4-3-7(11)5-9(8)12/h3-6H,13H2,1-2H3. The molecule has 0 saturated heterocycles. The number of carbonyl (C=O) groups is 1. The number of rotatable bonds is 2. The van der Waals surface area contributed by atoms with Crippen LogP contribution in [0.25, 0.3) is 0 Å². The largest absolute Gasteiger partial charge is 0.283 e. The van der Waals surface area contributed by atoms with Crippen molar-refractivity contribution in [1.29, 1.82) is 0 Å². The van der Waals surface area contributed by atoms with Gasteiger partial charge in [-0.2, -0.15) is 0 Å². The van der Waals surface area contributed by atoms with Crippen LogP contribution in [0.15, 0.2) is 18.2 Å². The minimum Gasteiger partial charge on any atom is -0.283 e. The Kier molecular flexibility index (Phi) is 3.97. The Morgan fingerprint density at radius 1 is 1.47 bits per heavy atom. The van der Waals surface area contributed by atoms with E-state index >= 15 is 0 Å². The molecule has 1 amide bonds. The van der Waals surface area contributed by atoms with Crippen LogP contribution in [0, 0.1) is 0 Å². The predicted octanol–water partition coefficient (Wildman–Crippen LogP) is 2.43.